The molecule has 0 aliphatic carbocycles. The first-order valence-electron chi connectivity index (χ1n) is 8.54. The number of aromatic nitrogens is 1. The first kappa shape index (κ1) is 20.3. The van der Waals surface area contributed by atoms with Gasteiger partial charge in [0.15, 0.2) is 5.96 Å². The third kappa shape index (κ3) is 5.23. The van der Waals surface area contributed by atoms with E-state index in [1.165, 1.54) is 5.56 Å². The second kappa shape index (κ2) is 10.2. The molecule has 3 rings (SSSR count). The van der Waals surface area contributed by atoms with Crippen LogP contribution >= 0.6 is 24.0 Å². The highest BCUT2D eigenvalue weighted by Gasteiger charge is 2.20. The van der Waals surface area contributed by atoms with Gasteiger partial charge in [-0.3, -0.25) is 4.99 Å². The van der Waals surface area contributed by atoms with Gasteiger partial charge < -0.3 is 19.9 Å². The number of hydrogen-bond acceptors (Lipinski definition) is 4. The maximum absolute atomic E-state index is 5.28. The number of benzene rings is 1. The Morgan fingerprint density at radius 2 is 1.96 bits per heavy atom. The number of nitrogens with one attached hydrogen (secondary N) is 1. The summed E-state index contributed by atoms with van der Waals surface area (Å²) in [5.74, 6) is 2.85. The van der Waals surface area contributed by atoms with Crippen molar-refractivity contribution in [3.05, 3.63) is 54.2 Å². The van der Waals surface area contributed by atoms with Gasteiger partial charge in [0.2, 0.25) is 0 Å². The molecule has 2 aromatic rings. The number of anilines is 1. The lowest BCUT2D eigenvalue weighted by molar-refractivity contribution is 0.371. The van der Waals surface area contributed by atoms with Crippen molar-refractivity contribution < 1.29 is 4.74 Å². The Balaban J connectivity index is 0.00000243. The average Bonchev–Trinajstić information content (AvgIpc) is 2.70. The van der Waals surface area contributed by atoms with Gasteiger partial charge in [-0.05, 0) is 29.8 Å². The predicted octanol–water partition coefficient (Wildman–Crippen LogP) is 2.61. The Bertz CT molecular complexity index is 702. The predicted molar refractivity (Wildman–Crippen MR) is 117 cm³/mol. The first-order chi connectivity index (χ1) is 12.3. The van der Waals surface area contributed by atoms with E-state index in [2.05, 4.69) is 37.2 Å². The molecule has 26 heavy (non-hydrogen) atoms. The summed E-state index contributed by atoms with van der Waals surface area (Å²) in [6, 6.07) is 14.1. The van der Waals surface area contributed by atoms with Crippen LogP contribution in [0.5, 0.6) is 5.75 Å². The van der Waals surface area contributed by atoms with Crippen LogP contribution in [0.4, 0.5) is 5.82 Å². The highest BCUT2D eigenvalue weighted by atomic mass is 127. The molecule has 140 valence electrons. The molecule has 7 heteroatoms. The fraction of sp³-hybridized carbons (Fsp3) is 0.368. The SMILES string of the molecule is CN=C(NCc1cccc(OC)c1)N1CCN(c2ccccn2)CC1.I. The summed E-state index contributed by atoms with van der Waals surface area (Å²) in [4.78, 5) is 13.5. The van der Waals surface area contributed by atoms with Crippen LogP contribution in [0.2, 0.25) is 0 Å². The van der Waals surface area contributed by atoms with Crippen molar-refractivity contribution >= 4 is 35.8 Å². The molecule has 1 aliphatic heterocycles. The monoisotopic (exact) mass is 467 g/mol. The minimum absolute atomic E-state index is 0. The van der Waals surface area contributed by atoms with Crippen molar-refractivity contribution in [2.45, 2.75) is 6.54 Å². The number of methoxy groups -OCH3 is 1. The molecule has 1 aromatic carbocycles. The van der Waals surface area contributed by atoms with E-state index < -0.39 is 0 Å². The van der Waals surface area contributed by atoms with Gasteiger partial charge in [-0.1, -0.05) is 18.2 Å². The second-order valence-electron chi connectivity index (χ2n) is 5.91. The van der Waals surface area contributed by atoms with E-state index in [1.807, 2.05) is 43.6 Å². The third-order valence-corrected chi connectivity index (χ3v) is 4.35. The quantitative estimate of drug-likeness (QED) is 0.426. The average molecular weight is 467 g/mol. The zero-order valence-corrected chi connectivity index (χ0v) is 17.6. The minimum Gasteiger partial charge on any atom is -0.497 e. The number of piperazine rings is 1. The topological polar surface area (TPSA) is 53.0 Å². The molecular weight excluding hydrogens is 441 g/mol. The Morgan fingerprint density at radius 3 is 2.62 bits per heavy atom. The zero-order valence-electron chi connectivity index (χ0n) is 15.3. The molecule has 6 nitrogen and oxygen atoms in total. The molecule has 1 N–H and O–H groups in total. The summed E-state index contributed by atoms with van der Waals surface area (Å²) in [6.45, 7) is 4.46. The summed E-state index contributed by atoms with van der Waals surface area (Å²) in [6.07, 6.45) is 1.84. The lowest BCUT2D eigenvalue weighted by Gasteiger charge is -2.37. The van der Waals surface area contributed by atoms with Crippen molar-refractivity contribution in [1.29, 1.82) is 0 Å². The summed E-state index contributed by atoms with van der Waals surface area (Å²) in [7, 11) is 3.52. The second-order valence-corrected chi connectivity index (χ2v) is 5.91. The van der Waals surface area contributed by atoms with Gasteiger partial charge in [-0.15, -0.1) is 24.0 Å². The van der Waals surface area contributed by atoms with Gasteiger partial charge in [-0.2, -0.15) is 0 Å². The van der Waals surface area contributed by atoms with Gasteiger partial charge in [-0.25, -0.2) is 4.98 Å². The summed E-state index contributed by atoms with van der Waals surface area (Å²) in [5, 5.41) is 3.45. The van der Waals surface area contributed by atoms with Crippen LogP contribution in [0.15, 0.2) is 53.7 Å². The standard InChI is InChI=1S/C19H25N5O.HI/c1-20-19(22-15-16-6-5-7-17(14-16)25-2)24-12-10-23(11-13-24)18-8-3-4-9-21-18;/h3-9,14H,10-13,15H2,1-2H3,(H,20,22);1H. The largest absolute Gasteiger partial charge is 0.497 e. The maximum Gasteiger partial charge on any atom is 0.194 e. The van der Waals surface area contributed by atoms with Gasteiger partial charge >= 0.3 is 0 Å². The molecule has 0 unspecified atom stereocenters. The van der Waals surface area contributed by atoms with Gasteiger partial charge in [0.05, 0.1) is 7.11 Å². The smallest absolute Gasteiger partial charge is 0.194 e. The fourth-order valence-electron chi connectivity index (χ4n) is 2.98. The summed E-state index contributed by atoms with van der Waals surface area (Å²) >= 11 is 0. The number of nitrogens with zero attached hydrogens (tertiary/aromatic N) is 4. The molecule has 0 spiro atoms. The van der Waals surface area contributed by atoms with Crippen LogP contribution in [-0.4, -0.2) is 56.2 Å². The number of aliphatic imine (C=N–C) groups is 1. The highest BCUT2D eigenvalue weighted by molar-refractivity contribution is 14.0. The van der Waals surface area contributed by atoms with Crippen molar-refractivity contribution in [2.24, 2.45) is 4.99 Å². The molecule has 0 saturated carbocycles. The van der Waals surface area contributed by atoms with Gasteiger partial charge in [0.25, 0.3) is 0 Å². The molecule has 2 heterocycles. The van der Waals surface area contributed by atoms with Gasteiger partial charge in [0.1, 0.15) is 11.6 Å². The van der Waals surface area contributed by atoms with Crippen LogP contribution in [0.25, 0.3) is 0 Å². The number of ether oxygens (including phenoxy) is 1. The highest BCUT2D eigenvalue weighted by Crippen LogP contribution is 2.14. The Kier molecular flexibility index (Phi) is 7.96. The maximum atomic E-state index is 5.28. The number of halogens is 1. The minimum atomic E-state index is 0. The molecule has 1 saturated heterocycles. The van der Waals surface area contributed by atoms with Crippen LogP contribution in [0.3, 0.4) is 0 Å². The lowest BCUT2D eigenvalue weighted by Crippen LogP contribution is -2.52. The number of pyridine rings is 1. The molecular formula is C19H26IN5O. The molecule has 1 aliphatic rings. The van der Waals surface area contributed by atoms with E-state index >= 15 is 0 Å². The van der Waals surface area contributed by atoms with Crippen LogP contribution in [-0.2, 0) is 6.54 Å². The molecule has 1 fully saturated rings. The van der Waals surface area contributed by atoms with Crippen LogP contribution in [0, 0.1) is 0 Å². The molecule has 0 bridgehead atoms. The Hall–Kier alpha value is -2.03. The number of guanidine groups is 1. The third-order valence-electron chi connectivity index (χ3n) is 4.35. The van der Waals surface area contributed by atoms with Crippen molar-refractivity contribution in [2.75, 3.05) is 45.2 Å². The van der Waals surface area contributed by atoms with Crippen LogP contribution < -0.4 is 15.0 Å². The van der Waals surface area contributed by atoms with Crippen molar-refractivity contribution in [3.63, 3.8) is 0 Å². The Morgan fingerprint density at radius 1 is 1.15 bits per heavy atom. The van der Waals surface area contributed by atoms with E-state index in [0.717, 1.165) is 50.3 Å². The van der Waals surface area contributed by atoms with Gasteiger partial charge in [0, 0.05) is 46.0 Å². The zero-order chi connectivity index (χ0) is 17.5. The molecule has 0 radical (unpaired) electrons. The van der Waals surface area contributed by atoms with E-state index in [1.54, 1.807) is 7.11 Å². The number of hydrogen-bond donors (Lipinski definition) is 1. The summed E-state index contributed by atoms with van der Waals surface area (Å²) < 4.78 is 5.28. The van der Waals surface area contributed by atoms with E-state index in [9.17, 15) is 0 Å². The molecule has 0 amide bonds. The fourth-order valence-corrected chi connectivity index (χ4v) is 2.98. The molecule has 1 aromatic heterocycles. The first-order valence-corrected chi connectivity index (χ1v) is 8.54. The van der Waals surface area contributed by atoms with Crippen molar-refractivity contribution in [1.82, 2.24) is 15.2 Å². The van der Waals surface area contributed by atoms with Crippen molar-refractivity contribution in [3.8, 4) is 5.75 Å². The van der Waals surface area contributed by atoms with E-state index in [-0.39, 0.29) is 24.0 Å². The Labute approximate surface area is 172 Å². The molecule has 0 atom stereocenters. The van der Waals surface area contributed by atoms with E-state index in [4.69, 9.17) is 4.74 Å². The lowest BCUT2D eigenvalue weighted by atomic mass is 10.2. The normalized spacial score (nSPS) is 14.6. The summed E-state index contributed by atoms with van der Waals surface area (Å²) in [5.41, 5.74) is 1.17. The van der Waals surface area contributed by atoms with Crippen LogP contribution in [0.1, 0.15) is 5.56 Å². The van der Waals surface area contributed by atoms with E-state index in [0.29, 0.717) is 0 Å². The number of rotatable bonds is 4.